The molecule has 1 aliphatic carbocycles. The molecule has 1 aromatic heterocycles. The van der Waals surface area contributed by atoms with Gasteiger partial charge in [0.15, 0.2) is 0 Å². The van der Waals surface area contributed by atoms with Gasteiger partial charge in [-0.25, -0.2) is 0 Å². The van der Waals surface area contributed by atoms with Crippen LogP contribution in [0.1, 0.15) is 36.1 Å². The van der Waals surface area contributed by atoms with Gasteiger partial charge in [-0.3, -0.25) is 4.79 Å². The lowest BCUT2D eigenvalue weighted by molar-refractivity contribution is -0.136. The van der Waals surface area contributed by atoms with Crippen molar-refractivity contribution in [2.24, 2.45) is 0 Å². The number of hydrogen-bond acceptors (Lipinski definition) is 3. The number of nitrogens with one attached hydrogen (secondary N) is 1. The maximum absolute atomic E-state index is 12.7. The molecule has 98 valence electrons. The Morgan fingerprint density at radius 2 is 2.39 bits per heavy atom. The van der Waals surface area contributed by atoms with Crippen molar-refractivity contribution in [2.75, 3.05) is 19.6 Å². The second-order valence-electron chi connectivity index (χ2n) is 5.18. The molecule has 0 bridgehead atoms. The molecule has 1 aliphatic heterocycles. The molecule has 1 unspecified atom stereocenters. The van der Waals surface area contributed by atoms with Crippen LogP contribution in [0.4, 0.5) is 0 Å². The first-order valence-corrected chi connectivity index (χ1v) is 7.76. The molecule has 1 N–H and O–H groups in total. The molecule has 2 heterocycles. The topological polar surface area (TPSA) is 32.3 Å². The van der Waals surface area contributed by atoms with Gasteiger partial charge in [0.25, 0.3) is 0 Å². The van der Waals surface area contributed by atoms with Crippen molar-refractivity contribution in [3.63, 3.8) is 0 Å². The second-order valence-corrected chi connectivity index (χ2v) is 6.18. The third-order valence-corrected chi connectivity index (χ3v) is 5.17. The van der Waals surface area contributed by atoms with E-state index in [2.05, 4.69) is 28.6 Å². The summed E-state index contributed by atoms with van der Waals surface area (Å²) < 4.78 is 0. The molecule has 0 aromatic carbocycles. The third kappa shape index (κ3) is 1.97. The Hall–Kier alpha value is -0.870. The lowest BCUT2D eigenvalue weighted by Gasteiger charge is -2.40. The van der Waals surface area contributed by atoms with Crippen molar-refractivity contribution in [3.05, 3.63) is 21.9 Å². The number of nitrogens with zero attached hydrogens (tertiary/aromatic N) is 1. The molecule has 1 aromatic rings. The lowest BCUT2D eigenvalue weighted by Crippen LogP contribution is -2.59. The fourth-order valence-electron chi connectivity index (χ4n) is 3.03. The minimum atomic E-state index is 0.126. The van der Waals surface area contributed by atoms with E-state index in [-0.39, 0.29) is 5.92 Å². The number of amides is 1. The van der Waals surface area contributed by atoms with Crippen LogP contribution >= 0.6 is 11.3 Å². The van der Waals surface area contributed by atoms with Crippen LogP contribution in [0.5, 0.6) is 0 Å². The Morgan fingerprint density at radius 1 is 1.56 bits per heavy atom. The average molecular weight is 264 g/mol. The van der Waals surface area contributed by atoms with Crippen LogP contribution in [0.3, 0.4) is 0 Å². The Balaban J connectivity index is 1.80. The van der Waals surface area contributed by atoms with Gasteiger partial charge in [-0.05, 0) is 43.2 Å². The van der Waals surface area contributed by atoms with Crippen molar-refractivity contribution in [1.82, 2.24) is 10.2 Å². The molecule has 4 heteroatoms. The SMILES string of the molecule is CCN(C(=O)C1CCCc2sccc21)C1CNC1. The number of likely N-dealkylation sites (N-methyl/N-ethyl adjacent to an activating group) is 1. The van der Waals surface area contributed by atoms with E-state index in [9.17, 15) is 4.79 Å². The summed E-state index contributed by atoms with van der Waals surface area (Å²) in [6.45, 7) is 4.85. The molecular weight excluding hydrogens is 244 g/mol. The Labute approximate surface area is 112 Å². The quantitative estimate of drug-likeness (QED) is 0.905. The Bertz CT molecular complexity index is 439. The van der Waals surface area contributed by atoms with Crippen LogP contribution in [0.2, 0.25) is 0 Å². The third-order valence-electron chi connectivity index (χ3n) is 4.17. The molecule has 1 saturated heterocycles. The van der Waals surface area contributed by atoms with Gasteiger partial charge in [-0.1, -0.05) is 0 Å². The van der Waals surface area contributed by atoms with E-state index in [0.29, 0.717) is 11.9 Å². The van der Waals surface area contributed by atoms with Gasteiger partial charge < -0.3 is 10.2 Å². The fourth-order valence-corrected chi connectivity index (χ4v) is 4.02. The summed E-state index contributed by atoms with van der Waals surface area (Å²) in [5, 5.41) is 5.39. The number of rotatable bonds is 3. The zero-order valence-electron chi connectivity index (χ0n) is 10.8. The van der Waals surface area contributed by atoms with Gasteiger partial charge in [-0.15, -0.1) is 11.3 Å². The van der Waals surface area contributed by atoms with E-state index in [1.807, 2.05) is 11.3 Å². The van der Waals surface area contributed by atoms with E-state index >= 15 is 0 Å². The molecule has 3 nitrogen and oxygen atoms in total. The molecule has 18 heavy (non-hydrogen) atoms. The van der Waals surface area contributed by atoms with E-state index < -0.39 is 0 Å². The number of carbonyl (C=O) groups excluding carboxylic acids is 1. The highest BCUT2D eigenvalue weighted by Gasteiger charge is 2.34. The molecule has 1 amide bonds. The molecule has 0 saturated carbocycles. The number of hydrogen-bond donors (Lipinski definition) is 1. The van der Waals surface area contributed by atoms with Crippen LogP contribution in [0, 0.1) is 0 Å². The minimum Gasteiger partial charge on any atom is -0.337 e. The van der Waals surface area contributed by atoms with E-state index in [0.717, 1.165) is 38.9 Å². The Morgan fingerprint density at radius 3 is 3.06 bits per heavy atom. The summed E-state index contributed by atoms with van der Waals surface area (Å²) in [6.07, 6.45) is 3.34. The number of thiophene rings is 1. The van der Waals surface area contributed by atoms with Crippen molar-refractivity contribution in [1.29, 1.82) is 0 Å². The largest absolute Gasteiger partial charge is 0.337 e. The Kier molecular flexibility index (Phi) is 3.39. The van der Waals surface area contributed by atoms with Crippen molar-refractivity contribution in [3.8, 4) is 0 Å². The van der Waals surface area contributed by atoms with E-state index in [1.165, 1.54) is 10.4 Å². The predicted octanol–water partition coefficient (Wildman–Crippen LogP) is 1.99. The zero-order chi connectivity index (χ0) is 12.5. The number of fused-ring (bicyclic) bond motifs is 1. The van der Waals surface area contributed by atoms with Gasteiger partial charge in [0.1, 0.15) is 0 Å². The van der Waals surface area contributed by atoms with Gasteiger partial charge in [-0.2, -0.15) is 0 Å². The molecule has 2 aliphatic rings. The summed E-state index contributed by atoms with van der Waals surface area (Å²) >= 11 is 1.81. The van der Waals surface area contributed by atoms with E-state index in [1.54, 1.807) is 0 Å². The number of aryl methyl sites for hydroxylation is 1. The molecule has 1 fully saturated rings. The van der Waals surface area contributed by atoms with Crippen molar-refractivity contribution >= 4 is 17.2 Å². The first kappa shape index (κ1) is 12.2. The monoisotopic (exact) mass is 264 g/mol. The first-order chi connectivity index (χ1) is 8.81. The average Bonchev–Trinajstić information content (AvgIpc) is 2.80. The van der Waals surface area contributed by atoms with Gasteiger partial charge in [0.05, 0.1) is 12.0 Å². The minimum absolute atomic E-state index is 0.126. The van der Waals surface area contributed by atoms with Crippen molar-refractivity contribution < 1.29 is 4.79 Å². The normalized spacial score (nSPS) is 23.3. The predicted molar refractivity (Wildman–Crippen MR) is 74.0 cm³/mol. The van der Waals surface area contributed by atoms with Crippen LogP contribution < -0.4 is 5.32 Å². The molecule has 0 radical (unpaired) electrons. The molecule has 3 rings (SSSR count). The standard InChI is InChI=1S/C14H20N2OS/c1-2-16(10-8-15-9-10)14(17)12-4-3-5-13-11(12)6-7-18-13/h6-7,10,12,15H,2-5,8-9H2,1H3. The lowest BCUT2D eigenvalue weighted by atomic mass is 9.86. The summed E-state index contributed by atoms with van der Waals surface area (Å²) in [4.78, 5) is 16.2. The second kappa shape index (κ2) is 5.02. The maximum Gasteiger partial charge on any atom is 0.230 e. The summed E-state index contributed by atoms with van der Waals surface area (Å²) in [7, 11) is 0. The molecule has 0 spiro atoms. The van der Waals surface area contributed by atoms with Crippen LogP contribution in [-0.4, -0.2) is 36.5 Å². The van der Waals surface area contributed by atoms with Crippen LogP contribution in [-0.2, 0) is 11.2 Å². The molecule has 1 atom stereocenters. The summed E-state index contributed by atoms with van der Waals surface area (Å²) in [6, 6.07) is 2.58. The van der Waals surface area contributed by atoms with Crippen LogP contribution in [0.15, 0.2) is 11.4 Å². The highest BCUT2D eigenvalue weighted by Crippen LogP contribution is 2.36. The van der Waals surface area contributed by atoms with Gasteiger partial charge in [0, 0.05) is 24.5 Å². The summed E-state index contributed by atoms with van der Waals surface area (Å²) in [5.41, 5.74) is 1.31. The highest BCUT2D eigenvalue weighted by atomic mass is 32.1. The molecular formula is C14H20N2OS. The first-order valence-electron chi connectivity index (χ1n) is 6.88. The van der Waals surface area contributed by atoms with Crippen LogP contribution in [0.25, 0.3) is 0 Å². The highest BCUT2D eigenvalue weighted by molar-refractivity contribution is 7.10. The number of carbonyl (C=O) groups is 1. The summed E-state index contributed by atoms with van der Waals surface area (Å²) in [5.74, 6) is 0.476. The van der Waals surface area contributed by atoms with Gasteiger partial charge in [0.2, 0.25) is 5.91 Å². The van der Waals surface area contributed by atoms with Crippen molar-refractivity contribution in [2.45, 2.75) is 38.1 Å². The van der Waals surface area contributed by atoms with E-state index in [4.69, 9.17) is 0 Å². The smallest absolute Gasteiger partial charge is 0.230 e. The fraction of sp³-hybridized carbons (Fsp3) is 0.643. The maximum atomic E-state index is 12.7. The van der Waals surface area contributed by atoms with Gasteiger partial charge >= 0.3 is 0 Å². The zero-order valence-corrected chi connectivity index (χ0v) is 11.6.